The Balaban J connectivity index is 1.94. The van der Waals surface area contributed by atoms with E-state index in [0.29, 0.717) is 5.56 Å². The molecule has 2 heterocycles. The summed E-state index contributed by atoms with van der Waals surface area (Å²) in [6.45, 7) is 1.58. The molecule has 2 aliphatic rings. The van der Waals surface area contributed by atoms with Gasteiger partial charge in [0.1, 0.15) is 5.82 Å². The number of hydrogen-bond donors (Lipinski definition) is 0. The predicted octanol–water partition coefficient (Wildman–Crippen LogP) is 2.46. The Morgan fingerprint density at radius 3 is 2.38 bits per heavy atom. The molecule has 2 aliphatic heterocycles. The molecule has 4 nitrogen and oxygen atoms in total. The molecule has 2 unspecified atom stereocenters. The molecular formula is C15H20FNO3S. The molecule has 0 saturated carbocycles. The van der Waals surface area contributed by atoms with E-state index in [1.165, 1.54) is 18.2 Å². The maximum absolute atomic E-state index is 13.4. The first-order chi connectivity index (χ1) is 9.93. The van der Waals surface area contributed by atoms with Crippen molar-refractivity contribution >= 4 is 10.0 Å². The lowest BCUT2D eigenvalue weighted by Gasteiger charge is -2.37. The molecule has 2 atom stereocenters. The van der Waals surface area contributed by atoms with Crippen LogP contribution >= 0.6 is 0 Å². The lowest BCUT2D eigenvalue weighted by Crippen LogP contribution is -2.48. The second kappa shape index (κ2) is 5.34. The van der Waals surface area contributed by atoms with Crippen LogP contribution in [0.2, 0.25) is 0 Å². The molecule has 0 aromatic heterocycles. The Morgan fingerprint density at radius 2 is 1.86 bits per heavy atom. The number of ether oxygens (including phenoxy) is 1. The van der Waals surface area contributed by atoms with E-state index < -0.39 is 10.0 Å². The SMILES string of the molecule is COC1CC2CCC(C1)N2S(=O)(=O)c1ccc(F)c(C)c1. The average Bonchev–Trinajstić information content (AvgIpc) is 2.74. The van der Waals surface area contributed by atoms with Gasteiger partial charge in [0.05, 0.1) is 11.0 Å². The summed E-state index contributed by atoms with van der Waals surface area (Å²) in [5, 5.41) is 0. The molecule has 0 radical (unpaired) electrons. The van der Waals surface area contributed by atoms with Crippen molar-refractivity contribution in [2.75, 3.05) is 7.11 Å². The number of halogens is 1. The van der Waals surface area contributed by atoms with Crippen molar-refractivity contribution in [3.8, 4) is 0 Å². The third kappa shape index (κ3) is 2.49. The normalized spacial score (nSPS) is 29.8. The number of hydrogen-bond acceptors (Lipinski definition) is 3. The zero-order chi connectivity index (χ0) is 15.2. The van der Waals surface area contributed by atoms with Crippen LogP contribution in [0.4, 0.5) is 4.39 Å². The van der Waals surface area contributed by atoms with Gasteiger partial charge in [-0.2, -0.15) is 4.31 Å². The molecule has 0 aliphatic carbocycles. The highest BCUT2D eigenvalue weighted by Gasteiger charge is 2.47. The van der Waals surface area contributed by atoms with Crippen LogP contribution in [0, 0.1) is 12.7 Å². The van der Waals surface area contributed by atoms with Gasteiger partial charge in [0.15, 0.2) is 0 Å². The van der Waals surface area contributed by atoms with Gasteiger partial charge in [-0.1, -0.05) is 0 Å². The Kier molecular flexibility index (Phi) is 3.80. The first-order valence-electron chi connectivity index (χ1n) is 7.26. The van der Waals surface area contributed by atoms with Crippen molar-refractivity contribution in [1.82, 2.24) is 4.31 Å². The van der Waals surface area contributed by atoms with Crippen LogP contribution in [-0.4, -0.2) is 38.0 Å². The Bertz CT molecular complexity index is 632. The van der Waals surface area contributed by atoms with Crippen LogP contribution in [0.25, 0.3) is 0 Å². The van der Waals surface area contributed by atoms with Gasteiger partial charge >= 0.3 is 0 Å². The fourth-order valence-corrected chi connectivity index (χ4v) is 5.55. The van der Waals surface area contributed by atoms with Crippen LogP contribution < -0.4 is 0 Å². The minimum absolute atomic E-state index is 0.00376. The molecular weight excluding hydrogens is 293 g/mol. The van der Waals surface area contributed by atoms with Gasteiger partial charge in [-0.15, -0.1) is 0 Å². The van der Waals surface area contributed by atoms with Gasteiger partial charge in [0.2, 0.25) is 10.0 Å². The third-order valence-electron chi connectivity index (χ3n) is 4.66. The highest BCUT2D eigenvalue weighted by molar-refractivity contribution is 7.89. The topological polar surface area (TPSA) is 46.6 Å². The number of benzene rings is 1. The number of fused-ring (bicyclic) bond motifs is 2. The van der Waals surface area contributed by atoms with Crippen molar-refractivity contribution in [2.24, 2.45) is 0 Å². The Labute approximate surface area is 125 Å². The number of rotatable bonds is 3. The first-order valence-corrected chi connectivity index (χ1v) is 8.70. The summed E-state index contributed by atoms with van der Waals surface area (Å²) in [7, 11) is -1.88. The van der Waals surface area contributed by atoms with Gasteiger partial charge in [-0.25, -0.2) is 12.8 Å². The van der Waals surface area contributed by atoms with Crippen molar-refractivity contribution < 1.29 is 17.5 Å². The monoisotopic (exact) mass is 313 g/mol. The van der Waals surface area contributed by atoms with Crippen LogP contribution in [0.3, 0.4) is 0 Å². The van der Waals surface area contributed by atoms with Crippen LogP contribution in [0.5, 0.6) is 0 Å². The summed E-state index contributed by atoms with van der Waals surface area (Å²) in [4.78, 5) is 0.189. The maximum Gasteiger partial charge on any atom is 0.243 e. The minimum atomic E-state index is -3.56. The Hall–Kier alpha value is -0.980. The van der Waals surface area contributed by atoms with Crippen molar-refractivity contribution in [3.63, 3.8) is 0 Å². The molecule has 21 heavy (non-hydrogen) atoms. The fraction of sp³-hybridized carbons (Fsp3) is 0.600. The lowest BCUT2D eigenvalue weighted by atomic mass is 10.0. The van der Waals surface area contributed by atoms with Crippen LogP contribution in [0.15, 0.2) is 23.1 Å². The lowest BCUT2D eigenvalue weighted by molar-refractivity contribution is 0.0349. The molecule has 0 N–H and O–H groups in total. The summed E-state index contributed by atoms with van der Waals surface area (Å²) >= 11 is 0. The third-order valence-corrected chi connectivity index (χ3v) is 6.66. The quantitative estimate of drug-likeness (QED) is 0.861. The standard InChI is InChI=1S/C15H20FNO3S/c1-10-7-14(5-6-15(10)16)21(18,19)17-11-3-4-12(17)9-13(8-11)20-2/h5-7,11-13H,3-4,8-9H2,1-2H3. The number of sulfonamides is 1. The van der Waals surface area contributed by atoms with E-state index >= 15 is 0 Å². The van der Waals surface area contributed by atoms with E-state index in [1.54, 1.807) is 18.3 Å². The van der Waals surface area contributed by atoms with Crippen molar-refractivity contribution in [3.05, 3.63) is 29.6 Å². The van der Waals surface area contributed by atoms with Crippen LogP contribution in [-0.2, 0) is 14.8 Å². The summed E-state index contributed by atoms with van der Waals surface area (Å²) in [5.41, 5.74) is 0.357. The second-order valence-corrected chi connectivity index (χ2v) is 7.80. The first kappa shape index (κ1) is 14.9. The van der Waals surface area contributed by atoms with Gasteiger partial charge in [-0.3, -0.25) is 0 Å². The number of methoxy groups -OCH3 is 1. The van der Waals surface area contributed by atoms with E-state index in [0.717, 1.165) is 25.7 Å². The molecule has 6 heteroatoms. The van der Waals surface area contributed by atoms with Gasteiger partial charge in [0, 0.05) is 19.2 Å². The van der Waals surface area contributed by atoms with E-state index in [1.807, 2.05) is 0 Å². The smallest absolute Gasteiger partial charge is 0.243 e. The van der Waals surface area contributed by atoms with Gasteiger partial charge in [0.25, 0.3) is 0 Å². The van der Waals surface area contributed by atoms with E-state index in [4.69, 9.17) is 4.74 Å². The minimum Gasteiger partial charge on any atom is -0.381 e. The number of nitrogens with zero attached hydrogens (tertiary/aromatic N) is 1. The summed E-state index contributed by atoms with van der Waals surface area (Å²) < 4.78 is 46.1. The molecule has 1 aromatic rings. The highest BCUT2D eigenvalue weighted by Crippen LogP contribution is 2.40. The fourth-order valence-electron chi connectivity index (χ4n) is 3.57. The zero-order valence-electron chi connectivity index (χ0n) is 12.3. The largest absolute Gasteiger partial charge is 0.381 e. The van der Waals surface area contributed by atoms with Crippen molar-refractivity contribution in [2.45, 2.75) is 55.7 Å². The molecule has 0 spiro atoms. The predicted molar refractivity (Wildman–Crippen MR) is 77.0 cm³/mol. The molecule has 2 saturated heterocycles. The second-order valence-electron chi connectivity index (χ2n) is 5.96. The average molecular weight is 313 g/mol. The summed E-state index contributed by atoms with van der Waals surface area (Å²) in [6, 6.07) is 4.02. The Morgan fingerprint density at radius 1 is 1.24 bits per heavy atom. The van der Waals surface area contributed by atoms with Crippen LogP contribution in [0.1, 0.15) is 31.2 Å². The van der Waals surface area contributed by atoms with E-state index in [2.05, 4.69) is 0 Å². The summed E-state index contributed by atoms with van der Waals surface area (Å²) in [5.74, 6) is -0.380. The van der Waals surface area contributed by atoms with Gasteiger partial charge < -0.3 is 4.74 Å². The molecule has 1 aromatic carbocycles. The molecule has 3 rings (SSSR count). The summed E-state index contributed by atoms with van der Waals surface area (Å²) in [6.07, 6.45) is 3.39. The van der Waals surface area contributed by atoms with Crippen molar-refractivity contribution in [1.29, 1.82) is 0 Å². The molecule has 0 amide bonds. The zero-order valence-corrected chi connectivity index (χ0v) is 13.1. The molecule has 116 valence electrons. The maximum atomic E-state index is 13.4. The highest BCUT2D eigenvalue weighted by atomic mass is 32.2. The number of piperidine rings is 1. The van der Waals surface area contributed by atoms with E-state index in [9.17, 15) is 12.8 Å². The van der Waals surface area contributed by atoms with Gasteiger partial charge in [-0.05, 0) is 56.4 Å². The molecule has 2 fully saturated rings. The number of aryl methyl sites for hydroxylation is 1. The van der Waals surface area contributed by atoms with E-state index in [-0.39, 0.29) is 28.9 Å². The molecule has 2 bridgehead atoms.